The summed E-state index contributed by atoms with van der Waals surface area (Å²) in [5.74, 6) is 1.08. The van der Waals surface area contributed by atoms with Crippen LogP contribution in [0.4, 0.5) is 16.4 Å². The molecule has 1 saturated heterocycles. The third kappa shape index (κ3) is 6.08. The van der Waals surface area contributed by atoms with E-state index in [1.807, 2.05) is 23.7 Å². The topological polar surface area (TPSA) is 118 Å². The number of para-hydroxylation sites is 1. The second kappa shape index (κ2) is 11.5. The van der Waals surface area contributed by atoms with Gasteiger partial charge in [0.2, 0.25) is 5.95 Å². The lowest BCUT2D eigenvalue weighted by Gasteiger charge is -2.36. The Morgan fingerprint density at radius 2 is 1.74 bits per heavy atom. The standard InChI is InChI=1S/C30H33Cl2N7O4/c1-30(2,3)42-29(41)43-39-14-12-38(13-15-39)18-9-8-17(16-18)26-33-21-10-11-22-25(23(21)27(40)36-26)37(4)28(34-22)35-24-19(31)6-5-7-20(24)32/h5-7,10-11,16,18H,8-9,12-15H2,1-4H3,(H,34,35)(H,33,36,40). The third-order valence-corrected chi connectivity index (χ3v) is 8.28. The zero-order valence-electron chi connectivity index (χ0n) is 24.4. The van der Waals surface area contributed by atoms with Crippen LogP contribution >= 0.6 is 23.2 Å². The Hall–Kier alpha value is -3.64. The first-order valence-electron chi connectivity index (χ1n) is 14.2. The van der Waals surface area contributed by atoms with Crippen LogP contribution in [0.3, 0.4) is 0 Å². The van der Waals surface area contributed by atoms with Gasteiger partial charge in [0.25, 0.3) is 5.56 Å². The SMILES string of the molecule is Cn1c(Nc2c(Cl)cccc2Cl)nc2ccc3nc(C4=CC(N5CCN(OC(=O)OC(C)(C)C)CC5)CC4)[nH]c(=O)c3c21. The number of allylic oxidation sites excluding steroid dienone is 1. The molecular weight excluding hydrogens is 593 g/mol. The number of H-pyrrole nitrogens is 1. The molecule has 0 spiro atoms. The van der Waals surface area contributed by atoms with Gasteiger partial charge in [0.05, 0.1) is 37.7 Å². The third-order valence-electron chi connectivity index (χ3n) is 7.65. The van der Waals surface area contributed by atoms with Crippen molar-refractivity contribution in [3.05, 3.63) is 62.6 Å². The summed E-state index contributed by atoms with van der Waals surface area (Å²) in [5.41, 5.74) is 2.63. The quantitative estimate of drug-likeness (QED) is 0.262. The van der Waals surface area contributed by atoms with Crippen molar-refractivity contribution in [2.75, 3.05) is 31.5 Å². The number of aromatic nitrogens is 4. The molecule has 6 rings (SSSR count). The van der Waals surface area contributed by atoms with Gasteiger partial charge in [0, 0.05) is 39.3 Å². The van der Waals surface area contributed by atoms with Crippen LogP contribution in [0.25, 0.3) is 27.5 Å². The summed E-state index contributed by atoms with van der Waals surface area (Å²) in [5, 5.41) is 6.25. The molecule has 2 N–H and O–H groups in total. The molecule has 13 heteroatoms. The summed E-state index contributed by atoms with van der Waals surface area (Å²) in [7, 11) is 1.83. The number of rotatable bonds is 5. The van der Waals surface area contributed by atoms with Gasteiger partial charge in [-0.3, -0.25) is 9.69 Å². The highest BCUT2D eigenvalue weighted by molar-refractivity contribution is 6.39. The van der Waals surface area contributed by atoms with Gasteiger partial charge in [-0.05, 0) is 63.5 Å². The molecule has 3 heterocycles. The van der Waals surface area contributed by atoms with Gasteiger partial charge in [-0.25, -0.2) is 14.8 Å². The summed E-state index contributed by atoms with van der Waals surface area (Å²) in [6, 6.07) is 9.16. The number of piperazine rings is 1. The number of anilines is 2. The normalized spacial score (nSPS) is 18.3. The molecule has 2 aliphatic rings. The van der Waals surface area contributed by atoms with Crippen LogP contribution in [0.2, 0.25) is 10.0 Å². The predicted octanol–water partition coefficient (Wildman–Crippen LogP) is 5.89. The summed E-state index contributed by atoms with van der Waals surface area (Å²) in [6.07, 6.45) is 3.22. The second-order valence-corrected chi connectivity index (χ2v) is 12.6. The fourth-order valence-corrected chi connectivity index (χ4v) is 6.10. The first kappa shape index (κ1) is 29.4. The van der Waals surface area contributed by atoms with Gasteiger partial charge in [0.15, 0.2) is 0 Å². The molecule has 1 aliphatic heterocycles. The summed E-state index contributed by atoms with van der Waals surface area (Å²) in [6.45, 7) is 8.08. The van der Waals surface area contributed by atoms with E-state index in [9.17, 15) is 9.59 Å². The van der Waals surface area contributed by atoms with Crippen molar-refractivity contribution < 1.29 is 14.4 Å². The van der Waals surface area contributed by atoms with Crippen molar-refractivity contribution in [2.24, 2.45) is 7.05 Å². The lowest BCUT2D eigenvalue weighted by molar-refractivity contribution is -0.159. The number of halogens is 2. The van der Waals surface area contributed by atoms with E-state index >= 15 is 0 Å². The Morgan fingerprint density at radius 1 is 1.05 bits per heavy atom. The molecule has 0 radical (unpaired) electrons. The van der Waals surface area contributed by atoms with Crippen molar-refractivity contribution in [3.8, 4) is 0 Å². The van der Waals surface area contributed by atoms with E-state index < -0.39 is 11.8 Å². The number of hydrogen-bond donors (Lipinski definition) is 2. The van der Waals surface area contributed by atoms with Crippen LogP contribution in [0.1, 0.15) is 39.4 Å². The zero-order valence-corrected chi connectivity index (χ0v) is 25.9. The van der Waals surface area contributed by atoms with Crippen LogP contribution in [0, 0.1) is 0 Å². The summed E-state index contributed by atoms with van der Waals surface area (Å²) >= 11 is 12.7. The van der Waals surface area contributed by atoms with E-state index in [4.69, 9.17) is 37.8 Å². The van der Waals surface area contributed by atoms with Crippen molar-refractivity contribution in [1.82, 2.24) is 29.5 Å². The van der Waals surface area contributed by atoms with Crippen molar-refractivity contribution >= 4 is 68.5 Å². The maximum absolute atomic E-state index is 13.5. The first-order valence-corrected chi connectivity index (χ1v) is 14.9. The van der Waals surface area contributed by atoms with Crippen molar-refractivity contribution in [3.63, 3.8) is 0 Å². The number of nitrogens with zero attached hydrogens (tertiary/aromatic N) is 5. The number of fused-ring (bicyclic) bond motifs is 3. The van der Waals surface area contributed by atoms with Crippen LogP contribution in [-0.2, 0) is 16.6 Å². The van der Waals surface area contributed by atoms with Crippen LogP contribution in [0.5, 0.6) is 0 Å². The van der Waals surface area contributed by atoms with E-state index in [1.54, 1.807) is 44.0 Å². The maximum atomic E-state index is 13.5. The number of aryl methyl sites for hydroxylation is 1. The fraction of sp³-hybridized carbons (Fsp3) is 0.400. The Labute approximate surface area is 258 Å². The van der Waals surface area contributed by atoms with E-state index in [2.05, 4.69) is 26.3 Å². The smallest absolute Gasteiger partial charge is 0.427 e. The number of hydrogen-bond acceptors (Lipinski definition) is 9. The Balaban J connectivity index is 1.20. The number of carbonyl (C=O) groups is 1. The molecule has 2 aromatic heterocycles. The highest BCUT2D eigenvalue weighted by Crippen LogP contribution is 2.34. The first-order chi connectivity index (χ1) is 20.5. The Morgan fingerprint density at radius 3 is 2.44 bits per heavy atom. The summed E-state index contributed by atoms with van der Waals surface area (Å²) in [4.78, 5) is 45.8. The minimum Gasteiger partial charge on any atom is -0.427 e. The molecule has 11 nitrogen and oxygen atoms in total. The summed E-state index contributed by atoms with van der Waals surface area (Å²) < 4.78 is 7.07. The molecule has 1 aliphatic carbocycles. The molecule has 0 saturated carbocycles. The van der Waals surface area contributed by atoms with Gasteiger partial charge in [-0.2, -0.15) is 0 Å². The van der Waals surface area contributed by atoms with Crippen LogP contribution in [-0.4, -0.2) is 73.5 Å². The van der Waals surface area contributed by atoms with E-state index in [1.165, 1.54) is 0 Å². The maximum Gasteiger partial charge on any atom is 0.528 e. The molecular formula is C30H33Cl2N7O4. The van der Waals surface area contributed by atoms with Gasteiger partial charge >= 0.3 is 6.16 Å². The lowest BCUT2D eigenvalue weighted by Crippen LogP contribution is -2.50. The number of ether oxygens (including phenoxy) is 1. The van der Waals surface area contributed by atoms with E-state index in [0.29, 0.717) is 62.5 Å². The number of hydroxylamine groups is 2. The van der Waals surface area contributed by atoms with E-state index in [0.717, 1.165) is 31.5 Å². The van der Waals surface area contributed by atoms with Gasteiger partial charge in [-0.1, -0.05) is 35.3 Å². The van der Waals surface area contributed by atoms with E-state index in [-0.39, 0.29) is 11.6 Å². The number of benzene rings is 2. The molecule has 0 amide bonds. The largest absolute Gasteiger partial charge is 0.528 e. The lowest BCUT2D eigenvalue weighted by atomic mass is 10.1. The highest BCUT2D eigenvalue weighted by Gasteiger charge is 2.30. The molecule has 4 aromatic rings. The average molecular weight is 627 g/mol. The zero-order chi connectivity index (χ0) is 30.5. The highest BCUT2D eigenvalue weighted by atomic mass is 35.5. The molecule has 1 unspecified atom stereocenters. The fourth-order valence-electron chi connectivity index (χ4n) is 5.61. The number of carbonyl (C=O) groups excluding carboxylic acids is 1. The number of aromatic amines is 1. The monoisotopic (exact) mass is 625 g/mol. The molecule has 43 heavy (non-hydrogen) atoms. The van der Waals surface area contributed by atoms with Crippen molar-refractivity contribution in [1.29, 1.82) is 0 Å². The minimum atomic E-state index is -0.684. The number of nitrogens with one attached hydrogen (secondary N) is 2. The van der Waals surface area contributed by atoms with Crippen molar-refractivity contribution in [2.45, 2.75) is 45.3 Å². The minimum absolute atomic E-state index is 0.212. The average Bonchev–Trinajstić information content (AvgIpc) is 3.55. The Bertz CT molecular complexity index is 1780. The van der Waals surface area contributed by atoms with Gasteiger partial charge in [0.1, 0.15) is 11.4 Å². The molecule has 226 valence electrons. The number of imidazole rings is 1. The Kier molecular flexibility index (Phi) is 7.84. The molecule has 2 aromatic carbocycles. The second-order valence-electron chi connectivity index (χ2n) is 11.8. The van der Waals surface area contributed by atoms with Gasteiger partial charge in [-0.15, -0.1) is 5.06 Å². The predicted molar refractivity (Wildman–Crippen MR) is 168 cm³/mol. The molecule has 1 fully saturated rings. The van der Waals surface area contributed by atoms with Gasteiger partial charge < -0.3 is 24.4 Å². The molecule has 1 atom stereocenters. The van der Waals surface area contributed by atoms with Crippen LogP contribution in [0.15, 0.2) is 41.2 Å². The molecule has 0 bridgehead atoms. The van der Waals surface area contributed by atoms with Crippen LogP contribution < -0.4 is 10.9 Å².